The number of hydrogen-bond acceptors (Lipinski definition) is 1. The quantitative estimate of drug-likeness (QED) is 0.674. The molecule has 0 unspecified atom stereocenters. The summed E-state index contributed by atoms with van der Waals surface area (Å²) in [6.07, 6.45) is 7.64. The maximum absolute atomic E-state index is 11.3. The van der Waals surface area contributed by atoms with Crippen LogP contribution >= 0.6 is 0 Å². The fourth-order valence-corrected chi connectivity index (χ4v) is 1.17. The first kappa shape index (κ1) is 9.59. The van der Waals surface area contributed by atoms with E-state index in [-0.39, 0.29) is 5.75 Å². The molecule has 1 rings (SSSR count). The molecule has 0 radical (unpaired) electrons. The first-order chi connectivity index (χ1) is 6.27. The number of hydrogen-bond donors (Lipinski definition) is 0. The predicted molar refractivity (Wildman–Crippen MR) is 55.3 cm³/mol. The van der Waals surface area contributed by atoms with Gasteiger partial charge in [0.25, 0.3) is 0 Å². The molecule has 0 amide bonds. The Morgan fingerprint density at radius 1 is 1.08 bits per heavy atom. The first-order valence-electron chi connectivity index (χ1n) is 4.34. The molecule has 0 aliphatic rings. The first-order valence-corrected chi connectivity index (χ1v) is 4.34. The lowest BCUT2D eigenvalue weighted by Crippen LogP contribution is -1.92. The smallest absolute Gasteiger partial charge is 0.0254 e. The van der Waals surface area contributed by atoms with Crippen LogP contribution in [-0.2, 0) is 0 Å². The van der Waals surface area contributed by atoms with E-state index in [1.54, 1.807) is 6.07 Å². The molecule has 1 nitrogen and oxygen atoms in total. The Morgan fingerprint density at radius 2 is 1.77 bits per heavy atom. The van der Waals surface area contributed by atoms with E-state index >= 15 is 0 Å². The molecule has 13 heavy (non-hydrogen) atoms. The molecule has 0 bridgehead atoms. The van der Waals surface area contributed by atoms with Gasteiger partial charge in [-0.25, -0.2) is 0 Å². The van der Waals surface area contributed by atoms with Crippen LogP contribution < -0.4 is 5.11 Å². The molecular weight excluding hydrogens is 160 g/mol. The third-order valence-corrected chi connectivity index (χ3v) is 1.74. The van der Waals surface area contributed by atoms with Crippen molar-refractivity contribution < 1.29 is 5.11 Å². The Labute approximate surface area is 79.0 Å². The number of allylic oxidation sites excluding steroid dienone is 2. The van der Waals surface area contributed by atoms with E-state index in [0.29, 0.717) is 0 Å². The summed E-state index contributed by atoms with van der Waals surface area (Å²) in [4.78, 5) is 0. The van der Waals surface area contributed by atoms with Gasteiger partial charge in [0.05, 0.1) is 0 Å². The van der Waals surface area contributed by atoms with Gasteiger partial charge < -0.3 is 5.11 Å². The van der Waals surface area contributed by atoms with Gasteiger partial charge in [0.2, 0.25) is 0 Å². The molecule has 0 aliphatic heterocycles. The Bertz CT molecular complexity index is 335. The van der Waals surface area contributed by atoms with Gasteiger partial charge in [-0.1, -0.05) is 36.4 Å². The van der Waals surface area contributed by atoms with E-state index in [2.05, 4.69) is 0 Å². The summed E-state index contributed by atoms with van der Waals surface area (Å²) < 4.78 is 0. The summed E-state index contributed by atoms with van der Waals surface area (Å²) in [6, 6.07) is 5.32. The van der Waals surface area contributed by atoms with E-state index in [1.807, 2.05) is 50.3 Å². The largest absolute Gasteiger partial charge is 0.872 e. The molecule has 0 spiro atoms. The zero-order valence-electron chi connectivity index (χ0n) is 7.95. The number of rotatable bonds is 2. The van der Waals surface area contributed by atoms with Crippen LogP contribution in [0.1, 0.15) is 25.0 Å². The third-order valence-electron chi connectivity index (χ3n) is 1.74. The van der Waals surface area contributed by atoms with Crippen molar-refractivity contribution in [3.05, 3.63) is 41.5 Å². The highest BCUT2D eigenvalue weighted by molar-refractivity contribution is 5.62. The molecule has 1 aromatic rings. The monoisotopic (exact) mass is 173 g/mol. The van der Waals surface area contributed by atoms with Gasteiger partial charge in [-0.05, 0) is 31.0 Å². The van der Waals surface area contributed by atoms with Gasteiger partial charge in [-0.3, -0.25) is 0 Å². The van der Waals surface area contributed by atoms with Crippen LogP contribution in [0.3, 0.4) is 0 Å². The molecule has 0 aliphatic carbocycles. The average molecular weight is 173 g/mol. The van der Waals surface area contributed by atoms with Crippen LogP contribution in [0.2, 0.25) is 0 Å². The summed E-state index contributed by atoms with van der Waals surface area (Å²) in [6.45, 7) is 3.86. The van der Waals surface area contributed by atoms with Gasteiger partial charge >= 0.3 is 0 Å². The van der Waals surface area contributed by atoms with E-state index in [4.69, 9.17) is 0 Å². The molecule has 0 aromatic heterocycles. The zero-order chi connectivity index (χ0) is 9.68. The Kier molecular flexibility index (Phi) is 3.32. The highest BCUT2D eigenvalue weighted by Crippen LogP contribution is 2.18. The molecule has 1 aromatic carbocycles. The van der Waals surface area contributed by atoms with Gasteiger partial charge in [0.15, 0.2) is 0 Å². The fraction of sp³-hybridized carbons (Fsp3) is 0.167. The van der Waals surface area contributed by atoms with Crippen molar-refractivity contribution in [2.24, 2.45) is 0 Å². The molecule has 0 heterocycles. The normalized spacial score (nSPS) is 11.5. The Morgan fingerprint density at radius 3 is 2.38 bits per heavy atom. The van der Waals surface area contributed by atoms with Gasteiger partial charge in [0.1, 0.15) is 0 Å². The van der Waals surface area contributed by atoms with E-state index in [0.717, 1.165) is 11.1 Å². The molecular formula is C12H13O-. The predicted octanol–water partition coefficient (Wildman–Crippen LogP) is 2.83. The molecule has 0 N–H and O–H groups in total. The average Bonchev–Trinajstić information content (AvgIpc) is 2.12. The third kappa shape index (κ3) is 2.48. The minimum absolute atomic E-state index is 0.0753. The second kappa shape index (κ2) is 4.51. The van der Waals surface area contributed by atoms with Crippen molar-refractivity contribution >= 4 is 12.2 Å². The van der Waals surface area contributed by atoms with Gasteiger partial charge in [-0.15, -0.1) is 5.75 Å². The lowest BCUT2D eigenvalue weighted by atomic mass is 10.1. The highest BCUT2D eigenvalue weighted by atomic mass is 16.3. The van der Waals surface area contributed by atoms with Crippen molar-refractivity contribution in [1.82, 2.24) is 0 Å². The Hall–Kier alpha value is -1.50. The molecule has 1 heteroatoms. The highest BCUT2D eigenvalue weighted by Gasteiger charge is 1.90. The molecule has 0 fully saturated rings. The van der Waals surface area contributed by atoms with E-state index in [1.165, 1.54) is 0 Å². The topological polar surface area (TPSA) is 23.1 Å². The van der Waals surface area contributed by atoms with Crippen LogP contribution in [-0.4, -0.2) is 0 Å². The lowest BCUT2D eigenvalue weighted by Gasteiger charge is -2.10. The Balaban J connectivity index is 3.10. The fourth-order valence-electron chi connectivity index (χ4n) is 1.17. The lowest BCUT2D eigenvalue weighted by molar-refractivity contribution is -0.268. The van der Waals surface area contributed by atoms with Crippen molar-refractivity contribution in [2.45, 2.75) is 13.8 Å². The second-order valence-corrected chi connectivity index (χ2v) is 2.80. The molecule has 0 saturated carbocycles. The van der Waals surface area contributed by atoms with Crippen LogP contribution in [0.25, 0.3) is 12.2 Å². The van der Waals surface area contributed by atoms with Crippen LogP contribution in [0, 0.1) is 0 Å². The summed E-state index contributed by atoms with van der Waals surface area (Å²) in [7, 11) is 0. The summed E-state index contributed by atoms with van der Waals surface area (Å²) in [5, 5.41) is 11.3. The van der Waals surface area contributed by atoms with Crippen LogP contribution in [0.15, 0.2) is 30.4 Å². The molecule has 0 atom stereocenters. The van der Waals surface area contributed by atoms with E-state index in [9.17, 15) is 5.11 Å². The molecule has 68 valence electrons. The van der Waals surface area contributed by atoms with Crippen molar-refractivity contribution in [1.29, 1.82) is 0 Å². The molecule has 0 saturated heterocycles. The van der Waals surface area contributed by atoms with Gasteiger partial charge in [-0.2, -0.15) is 0 Å². The zero-order valence-corrected chi connectivity index (χ0v) is 7.95. The summed E-state index contributed by atoms with van der Waals surface area (Å²) in [5.41, 5.74) is 1.81. The maximum Gasteiger partial charge on any atom is -0.0254 e. The van der Waals surface area contributed by atoms with Crippen molar-refractivity contribution in [3.8, 4) is 5.75 Å². The van der Waals surface area contributed by atoms with Crippen LogP contribution in [0.5, 0.6) is 5.75 Å². The minimum Gasteiger partial charge on any atom is -0.872 e. The van der Waals surface area contributed by atoms with E-state index < -0.39 is 0 Å². The van der Waals surface area contributed by atoms with Crippen molar-refractivity contribution in [2.75, 3.05) is 0 Å². The maximum atomic E-state index is 11.3. The van der Waals surface area contributed by atoms with Crippen LogP contribution in [0.4, 0.5) is 0 Å². The second-order valence-electron chi connectivity index (χ2n) is 2.80. The summed E-state index contributed by atoms with van der Waals surface area (Å²) >= 11 is 0. The summed E-state index contributed by atoms with van der Waals surface area (Å²) in [5.74, 6) is 0.0753. The standard InChI is InChI=1S/C12H14O/c1-3-5-10-7-8-12(13)11(9-10)6-4-2/h3-9,13H,1-2H3/p-1/b5-3+,6-4+. The number of benzene rings is 1. The van der Waals surface area contributed by atoms with Gasteiger partial charge in [0, 0.05) is 0 Å². The van der Waals surface area contributed by atoms with Crippen molar-refractivity contribution in [3.63, 3.8) is 0 Å². The minimum atomic E-state index is 0.0753. The SMILES string of the molecule is C/C=C/c1ccc([O-])c(/C=C/C)c1.